The van der Waals surface area contributed by atoms with Gasteiger partial charge in [0.05, 0.1) is 13.2 Å². The minimum absolute atomic E-state index is 0.115. The molecule has 0 unspecified atom stereocenters. The number of aliphatic hydroxyl groups is 1. The minimum atomic E-state index is -4.23. The van der Waals surface area contributed by atoms with Crippen molar-refractivity contribution in [1.82, 2.24) is 29.5 Å². The van der Waals surface area contributed by atoms with Crippen LogP contribution >= 0.6 is 0 Å². The number of aromatic nitrogens is 6. The second kappa shape index (κ2) is 7.34. The molecule has 0 amide bonds. The van der Waals surface area contributed by atoms with E-state index in [2.05, 4.69) is 20.2 Å². The van der Waals surface area contributed by atoms with E-state index >= 15 is 0 Å². The summed E-state index contributed by atoms with van der Waals surface area (Å²) in [6.07, 6.45) is -4.23. The van der Waals surface area contributed by atoms with Gasteiger partial charge in [0.1, 0.15) is 29.8 Å². The number of hydrogen-bond donors (Lipinski definition) is 1. The summed E-state index contributed by atoms with van der Waals surface area (Å²) in [6.45, 7) is 6.33. The van der Waals surface area contributed by atoms with Crippen LogP contribution in [0.4, 0.5) is 13.2 Å². The third-order valence-electron chi connectivity index (χ3n) is 2.57. The fraction of sp³-hybridized carbons (Fsp3) is 0.667. The average Bonchev–Trinajstić information content (AvgIpc) is 2.81. The van der Waals surface area contributed by atoms with Gasteiger partial charge in [-0.15, -0.1) is 0 Å². The molecule has 0 aliphatic heterocycles. The van der Waals surface area contributed by atoms with Crippen molar-refractivity contribution in [3.05, 3.63) is 23.3 Å². The van der Waals surface area contributed by atoms with Gasteiger partial charge in [-0.1, -0.05) is 0 Å². The second-order valence-electron chi connectivity index (χ2n) is 4.63. The van der Waals surface area contributed by atoms with Crippen LogP contribution in [0.15, 0.2) is 0 Å². The zero-order valence-corrected chi connectivity index (χ0v) is 12.9. The predicted octanol–water partition coefficient (Wildman–Crippen LogP) is 1.34. The Morgan fingerprint density at radius 1 is 0.909 bits per heavy atom. The summed E-state index contributed by atoms with van der Waals surface area (Å²) in [6, 6.07) is 0. The topological polar surface area (TPSA) is 81.7 Å². The minimum Gasteiger partial charge on any atom is -0.394 e. The van der Waals surface area contributed by atoms with Gasteiger partial charge in [-0.25, -0.2) is 19.3 Å². The van der Waals surface area contributed by atoms with Crippen molar-refractivity contribution >= 4 is 0 Å². The molecule has 0 saturated carbocycles. The average molecular weight is 320 g/mol. The summed E-state index contributed by atoms with van der Waals surface area (Å²) in [5.74, 6) is 2.25. The Hall–Kier alpha value is -1.97. The summed E-state index contributed by atoms with van der Waals surface area (Å²) in [4.78, 5) is 7.82. The molecule has 2 aromatic heterocycles. The van der Waals surface area contributed by atoms with E-state index in [4.69, 9.17) is 5.11 Å². The molecule has 0 spiro atoms. The Bertz CT molecular complexity index is 605. The number of hydrogen-bond acceptors (Lipinski definition) is 5. The zero-order valence-electron chi connectivity index (χ0n) is 12.9. The van der Waals surface area contributed by atoms with Crippen LogP contribution in [0.5, 0.6) is 0 Å². The lowest BCUT2D eigenvalue weighted by Crippen LogP contribution is -2.19. The monoisotopic (exact) mass is 320 g/mol. The Labute approximate surface area is 125 Å². The zero-order chi connectivity index (χ0) is 16.9. The molecule has 0 bridgehead atoms. The van der Waals surface area contributed by atoms with Gasteiger partial charge in [0.25, 0.3) is 0 Å². The van der Waals surface area contributed by atoms with Crippen molar-refractivity contribution in [3.8, 4) is 0 Å². The van der Waals surface area contributed by atoms with Crippen molar-refractivity contribution in [2.75, 3.05) is 6.61 Å². The highest BCUT2D eigenvalue weighted by Gasteiger charge is 2.29. The Kier molecular flexibility index (Phi) is 6.03. The smallest absolute Gasteiger partial charge is 0.394 e. The highest BCUT2D eigenvalue weighted by Crippen LogP contribution is 2.17. The lowest BCUT2D eigenvalue weighted by molar-refractivity contribution is -0.143. The van der Waals surface area contributed by atoms with Crippen LogP contribution in [-0.4, -0.2) is 47.4 Å². The van der Waals surface area contributed by atoms with Crippen molar-refractivity contribution in [2.45, 2.75) is 47.0 Å². The highest BCUT2D eigenvalue weighted by atomic mass is 19.4. The van der Waals surface area contributed by atoms with Gasteiger partial charge in [-0.05, 0) is 27.7 Å². The SMILES string of the molecule is Cc1nc(C)n(CC(F)(F)F)n1.Cc1nc(C)n(CCO)n1. The second-order valence-corrected chi connectivity index (χ2v) is 4.63. The first-order valence-corrected chi connectivity index (χ1v) is 6.56. The van der Waals surface area contributed by atoms with Crippen LogP contribution in [0.25, 0.3) is 0 Å². The van der Waals surface area contributed by atoms with Crippen molar-refractivity contribution in [2.24, 2.45) is 0 Å². The van der Waals surface area contributed by atoms with E-state index in [0.29, 0.717) is 12.4 Å². The predicted molar refractivity (Wildman–Crippen MR) is 72.1 cm³/mol. The van der Waals surface area contributed by atoms with Gasteiger partial charge in [-0.3, -0.25) is 0 Å². The number of rotatable bonds is 3. The molecule has 0 fully saturated rings. The molecule has 0 aromatic carbocycles. The van der Waals surface area contributed by atoms with E-state index in [0.717, 1.165) is 16.3 Å². The molecule has 0 saturated heterocycles. The fourth-order valence-corrected chi connectivity index (χ4v) is 1.75. The number of aliphatic hydroxyl groups excluding tert-OH is 1. The molecule has 2 heterocycles. The summed E-state index contributed by atoms with van der Waals surface area (Å²) < 4.78 is 38.1. The fourth-order valence-electron chi connectivity index (χ4n) is 1.75. The number of nitrogens with zero attached hydrogens (tertiary/aromatic N) is 6. The quantitative estimate of drug-likeness (QED) is 0.923. The van der Waals surface area contributed by atoms with E-state index in [1.54, 1.807) is 11.6 Å². The van der Waals surface area contributed by atoms with E-state index in [1.165, 1.54) is 6.92 Å². The third-order valence-corrected chi connectivity index (χ3v) is 2.57. The molecule has 22 heavy (non-hydrogen) atoms. The van der Waals surface area contributed by atoms with Gasteiger partial charge >= 0.3 is 6.18 Å². The number of alkyl halides is 3. The largest absolute Gasteiger partial charge is 0.408 e. The van der Waals surface area contributed by atoms with Gasteiger partial charge in [0.15, 0.2) is 0 Å². The van der Waals surface area contributed by atoms with Crippen LogP contribution in [0.3, 0.4) is 0 Å². The van der Waals surface area contributed by atoms with Crippen LogP contribution in [0, 0.1) is 27.7 Å². The lowest BCUT2D eigenvalue weighted by Gasteiger charge is -2.06. The van der Waals surface area contributed by atoms with Crippen LogP contribution in [0.1, 0.15) is 23.3 Å². The molecule has 0 radical (unpaired) electrons. The van der Waals surface area contributed by atoms with E-state index < -0.39 is 12.7 Å². The molecule has 124 valence electrons. The summed E-state index contributed by atoms with van der Waals surface area (Å²) in [5, 5.41) is 16.2. The van der Waals surface area contributed by atoms with Gasteiger partial charge in [0, 0.05) is 0 Å². The summed E-state index contributed by atoms with van der Waals surface area (Å²) in [5.41, 5.74) is 0. The van der Waals surface area contributed by atoms with Crippen molar-refractivity contribution in [3.63, 3.8) is 0 Å². The number of halogens is 3. The molecule has 0 aliphatic carbocycles. The van der Waals surface area contributed by atoms with E-state index in [1.807, 2.05) is 13.8 Å². The molecular weight excluding hydrogens is 301 g/mol. The standard InChI is InChI=1S/C6H8F3N3.C6H11N3O/c1-4-10-5(2)12(11-4)3-6(7,8)9;1-5-7-6(2)9(8-5)3-4-10/h3H2,1-2H3;10H,3-4H2,1-2H3. The molecule has 7 nitrogen and oxygen atoms in total. The first-order chi connectivity index (χ1) is 10.1. The summed E-state index contributed by atoms with van der Waals surface area (Å²) >= 11 is 0. The Balaban J connectivity index is 0.000000224. The molecule has 10 heteroatoms. The van der Waals surface area contributed by atoms with E-state index in [9.17, 15) is 13.2 Å². The molecular formula is C12H19F3N6O. The van der Waals surface area contributed by atoms with Crippen molar-refractivity contribution in [1.29, 1.82) is 0 Å². The van der Waals surface area contributed by atoms with Crippen LogP contribution < -0.4 is 0 Å². The maximum atomic E-state index is 11.8. The molecule has 2 aromatic rings. The Morgan fingerprint density at radius 2 is 1.36 bits per heavy atom. The molecule has 1 N–H and O–H groups in total. The first kappa shape index (κ1) is 18.1. The van der Waals surface area contributed by atoms with Crippen LogP contribution in [-0.2, 0) is 13.1 Å². The Morgan fingerprint density at radius 3 is 1.68 bits per heavy atom. The maximum absolute atomic E-state index is 11.8. The number of aryl methyl sites for hydroxylation is 4. The molecule has 2 rings (SSSR count). The molecule has 0 aliphatic rings. The molecule has 0 atom stereocenters. The van der Waals surface area contributed by atoms with E-state index in [-0.39, 0.29) is 12.4 Å². The third kappa shape index (κ3) is 5.80. The van der Waals surface area contributed by atoms with Gasteiger partial charge in [0.2, 0.25) is 0 Å². The van der Waals surface area contributed by atoms with Gasteiger partial charge < -0.3 is 5.11 Å². The normalized spacial score (nSPS) is 11.3. The summed E-state index contributed by atoms with van der Waals surface area (Å²) in [7, 11) is 0. The first-order valence-electron chi connectivity index (χ1n) is 6.56. The van der Waals surface area contributed by atoms with Crippen molar-refractivity contribution < 1.29 is 18.3 Å². The van der Waals surface area contributed by atoms with Crippen LogP contribution in [0.2, 0.25) is 0 Å². The van der Waals surface area contributed by atoms with Gasteiger partial charge in [-0.2, -0.15) is 23.4 Å². The lowest BCUT2D eigenvalue weighted by atomic mass is 10.6. The maximum Gasteiger partial charge on any atom is 0.408 e. The highest BCUT2D eigenvalue weighted by molar-refractivity contribution is 4.88.